The summed E-state index contributed by atoms with van der Waals surface area (Å²) in [5.41, 5.74) is 0.365. The number of halogens is 1. The van der Waals surface area contributed by atoms with Crippen LogP contribution in [0.4, 0.5) is 15.8 Å². The number of nitrogens with zero attached hydrogens (tertiary/aromatic N) is 3. The molecule has 0 spiro atoms. The summed E-state index contributed by atoms with van der Waals surface area (Å²) in [6.07, 6.45) is 0.572. The highest BCUT2D eigenvalue weighted by Crippen LogP contribution is 2.29. The molecule has 9 heteroatoms. The second-order valence-electron chi connectivity index (χ2n) is 5.72. The summed E-state index contributed by atoms with van der Waals surface area (Å²) in [5.74, 6) is -1.47. The maximum atomic E-state index is 14.2. The van der Waals surface area contributed by atoms with Crippen LogP contribution in [0.15, 0.2) is 12.1 Å². The van der Waals surface area contributed by atoms with E-state index >= 15 is 0 Å². The number of rotatable bonds is 6. The van der Waals surface area contributed by atoms with Gasteiger partial charge in [0.1, 0.15) is 11.5 Å². The molecule has 0 fully saturated rings. The lowest BCUT2D eigenvalue weighted by atomic mass is 10.1. The van der Waals surface area contributed by atoms with E-state index in [-0.39, 0.29) is 16.9 Å². The Labute approximate surface area is 148 Å². The van der Waals surface area contributed by atoms with E-state index < -0.39 is 16.6 Å². The highest BCUT2D eigenvalue weighted by atomic mass is 32.1. The summed E-state index contributed by atoms with van der Waals surface area (Å²) in [7, 11) is 3.14. The average molecular weight is 366 g/mol. The van der Waals surface area contributed by atoms with Crippen molar-refractivity contribution in [2.24, 2.45) is 0 Å². The van der Waals surface area contributed by atoms with Gasteiger partial charge >= 0.3 is 0 Å². The van der Waals surface area contributed by atoms with Gasteiger partial charge in [-0.05, 0) is 13.8 Å². The lowest BCUT2D eigenvalue weighted by Crippen LogP contribution is -2.27. The third-order valence-corrected chi connectivity index (χ3v) is 4.76. The van der Waals surface area contributed by atoms with Crippen molar-refractivity contribution in [2.45, 2.75) is 20.3 Å². The predicted octanol–water partition coefficient (Wildman–Crippen LogP) is 2.85. The number of carbonyl (C=O) groups excluding carboxylic acids is 1. The number of aryl methyl sites for hydroxylation is 2. The molecule has 1 aromatic heterocycles. The number of aromatic nitrogens is 1. The highest BCUT2D eigenvalue weighted by Gasteiger charge is 2.23. The van der Waals surface area contributed by atoms with Crippen molar-refractivity contribution in [2.75, 3.05) is 25.5 Å². The van der Waals surface area contributed by atoms with Gasteiger partial charge in [0, 0.05) is 44.1 Å². The van der Waals surface area contributed by atoms with Gasteiger partial charge in [-0.2, -0.15) is 0 Å². The van der Waals surface area contributed by atoms with Gasteiger partial charge in [0.15, 0.2) is 0 Å². The smallest absolute Gasteiger partial charge is 0.293 e. The number of carbonyl (C=O) groups is 1. The Bertz CT molecular complexity index is 820. The van der Waals surface area contributed by atoms with Crippen LogP contribution in [0.2, 0.25) is 0 Å². The molecular weight excluding hydrogens is 347 g/mol. The summed E-state index contributed by atoms with van der Waals surface area (Å²) in [6, 6.07) is 1.98. The summed E-state index contributed by atoms with van der Waals surface area (Å²) < 4.78 is 14.2. The minimum Gasteiger partial charge on any atom is -0.372 e. The molecule has 0 aliphatic rings. The minimum atomic E-state index is -0.795. The fourth-order valence-corrected chi connectivity index (χ4v) is 3.36. The molecule has 0 aliphatic carbocycles. The molecule has 0 saturated heterocycles. The maximum Gasteiger partial charge on any atom is 0.293 e. The number of amides is 1. The van der Waals surface area contributed by atoms with Gasteiger partial charge in [-0.15, -0.1) is 11.3 Å². The summed E-state index contributed by atoms with van der Waals surface area (Å²) in [4.78, 5) is 29.5. The average Bonchev–Trinajstić information content (AvgIpc) is 2.84. The van der Waals surface area contributed by atoms with Gasteiger partial charge in [0.05, 0.1) is 21.2 Å². The van der Waals surface area contributed by atoms with E-state index in [0.29, 0.717) is 13.0 Å². The number of nitro groups is 1. The van der Waals surface area contributed by atoms with Crippen LogP contribution in [0, 0.1) is 29.8 Å². The first-order chi connectivity index (χ1) is 11.7. The second-order valence-corrected chi connectivity index (χ2v) is 7.01. The number of anilines is 1. The van der Waals surface area contributed by atoms with Crippen LogP contribution >= 0.6 is 11.3 Å². The first kappa shape index (κ1) is 18.8. The fraction of sp³-hybridized carbons (Fsp3) is 0.375. The van der Waals surface area contributed by atoms with Crippen LogP contribution < -0.4 is 10.2 Å². The number of nitro benzene ring substituents is 1. The van der Waals surface area contributed by atoms with Crippen molar-refractivity contribution in [3.63, 3.8) is 0 Å². The van der Waals surface area contributed by atoms with Gasteiger partial charge in [-0.25, -0.2) is 9.37 Å². The third-order valence-electron chi connectivity index (χ3n) is 3.62. The molecule has 0 atom stereocenters. The second kappa shape index (κ2) is 7.56. The van der Waals surface area contributed by atoms with E-state index in [0.717, 1.165) is 27.7 Å². The predicted molar refractivity (Wildman–Crippen MR) is 95.0 cm³/mol. The van der Waals surface area contributed by atoms with E-state index in [1.165, 1.54) is 4.90 Å². The molecule has 2 rings (SSSR count). The van der Waals surface area contributed by atoms with Crippen LogP contribution in [0.1, 0.15) is 25.9 Å². The summed E-state index contributed by atoms with van der Waals surface area (Å²) in [5, 5.41) is 14.7. The minimum absolute atomic E-state index is 0.106. The monoisotopic (exact) mass is 366 g/mol. The molecular formula is C16H19FN4O3S. The molecule has 2 aromatic rings. The molecule has 1 aromatic carbocycles. The number of thiazole rings is 1. The van der Waals surface area contributed by atoms with Crippen molar-refractivity contribution in [3.8, 4) is 0 Å². The van der Waals surface area contributed by atoms with Crippen LogP contribution in [-0.4, -0.2) is 36.5 Å². The SMILES string of the molecule is Cc1nc(C)c(CCNC(=O)c2cc([N+](=O)[O-])c(N(C)C)cc2F)s1. The Kier molecular flexibility index (Phi) is 5.68. The number of nitrogens with one attached hydrogen (secondary N) is 1. The Morgan fingerprint density at radius 3 is 2.60 bits per heavy atom. The van der Waals surface area contributed by atoms with Crippen LogP contribution in [0.25, 0.3) is 0 Å². The quantitative estimate of drug-likeness (QED) is 0.627. The molecule has 1 heterocycles. The molecule has 0 bridgehead atoms. The number of benzene rings is 1. The Hall–Kier alpha value is -2.55. The molecule has 0 saturated carbocycles. The van der Waals surface area contributed by atoms with Crippen molar-refractivity contribution in [3.05, 3.63) is 49.2 Å². The van der Waals surface area contributed by atoms with E-state index in [9.17, 15) is 19.3 Å². The first-order valence-corrected chi connectivity index (χ1v) is 8.38. The molecule has 0 radical (unpaired) electrons. The molecule has 0 aliphatic heterocycles. The summed E-state index contributed by atoms with van der Waals surface area (Å²) in [6.45, 7) is 4.09. The molecule has 1 amide bonds. The third kappa shape index (κ3) is 4.30. The topological polar surface area (TPSA) is 88.4 Å². The number of hydrogen-bond acceptors (Lipinski definition) is 6. The fourth-order valence-electron chi connectivity index (χ4n) is 2.42. The molecule has 134 valence electrons. The van der Waals surface area contributed by atoms with Gasteiger partial charge in [0.2, 0.25) is 0 Å². The van der Waals surface area contributed by atoms with Crippen molar-refractivity contribution >= 4 is 28.6 Å². The van der Waals surface area contributed by atoms with E-state index in [1.54, 1.807) is 25.4 Å². The molecule has 7 nitrogen and oxygen atoms in total. The van der Waals surface area contributed by atoms with E-state index in [4.69, 9.17) is 0 Å². The van der Waals surface area contributed by atoms with Gasteiger partial charge < -0.3 is 10.2 Å². The van der Waals surface area contributed by atoms with E-state index in [2.05, 4.69) is 10.3 Å². The van der Waals surface area contributed by atoms with Crippen molar-refractivity contribution in [1.82, 2.24) is 10.3 Å². The standard InChI is InChI=1S/C16H19FN4O3S/c1-9-15(25-10(2)19-9)5-6-18-16(22)11-7-14(21(23)24)13(20(3)4)8-12(11)17/h7-8H,5-6H2,1-4H3,(H,18,22). The zero-order valence-corrected chi connectivity index (χ0v) is 15.2. The normalized spacial score (nSPS) is 10.6. The summed E-state index contributed by atoms with van der Waals surface area (Å²) >= 11 is 1.55. The largest absolute Gasteiger partial charge is 0.372 e. The highest BCUT2D eigenvalue weighted by molar-refractivity contribution is 7.11. The Balaban J connectivity index is 2.14. The lowest BCUT2D eigenvalue weighted by molar-refractivity contribution is -0.384. The van der Waals surface area contributed by atoms with Crippen LogP contribution in [0.3, 0.4) is 0 Å². The molecule has 25 heavy (non-hydrogen) atoms. The zero-order chi connectivity index (χ0) is 18.7. The van der Waals surface area contributed by atoms with Gasteiger partial charge in [-0.3, -0.25) is 14.9 Å². The molecule has 0 unspecified atom stereocenters. The van der Waals surface area contributed by atoms with Crippen LogP contribution in [0.5, 0.6) is 0 Å². The molecule has 1 N–H and O–H groups in total. The lowest BCUT2D eigenvalue weighted by Gasteiger charge is -2.14. The van der Waals surface area contributed by atoms with Crippen molar-refractivity contribution < 1.29 is 14.1 Å². The zero-order valence-electron chi connectivity index (χ0n) is 14.4. The van der Waals surface area contributed by atoms with Gasteiger partial charge in [-0.1, -0.05) is 0 Å². The first-order valence-electron chi connectivity index (χ1n) is 7.57. The Morgan fingerprint density at radius 2 is 2.08 bits per heavy atom. The maximum absolute atomic E-state index is 14.2. The van der Waals surface area contributed by atoms with Gasteiger partial charge in [0.25, 0.3) is 11.6 Å². The number of hydrogen-bond donors (Lipinski definition) is 1. The Morgan fingerprint density at radius 1 is 1.40 bits per heavy atom. The van der Waals surface area contributed by atoms with E-state index in [1.807, 2.05) is 13.8 Å². The van der Waals surface area contributed by atoms with Crippen LogP contribution in [-0.2, 0) is 6.42 Å². The van der Waals surface area contributed by atoms with Crippen molar-refractivity contribution in [1.29, 1.82) is 0 Å².